The Labute approximate surface area is 279 Å². The van der Waals surface area contributed by atoms with Gasteiger partial charge in [-0.15, -0.1) is 0 Å². The molecule has 47 heavy (non-hydrogen) atoms. The molecule has 2 unspecified atom stereocenters. The fraction of sp³-hybridized carbons (Fsp3) is 0.387. The first-order chi connectivity index (χ1) is 21.8. The van der Waals surface area contributed by atoms with Gasteiger partial charge in [0.1, 0.15) is 17.6 Å². The van der Waals surface area contributed by atoms with Gasteiger partial charge in [-0.2, -0.15) is 25.8 Å². The fourth-order valence-corrected chi connectivity index (χ4v) is 5.29. The molecule has 0 spiro atoms. The zero-order valence-corrected chi connectivity index (χ0v) is 28.0. The lowest BCUT2D eigenvalue weighted by molar-refractivity contribution is -0.138. The minimum Gasteiger partial charge on any atom is -0.424 e. The highest BCUT2D eigenvalue weighted by Gasteiger charge is 2.34. The Morgan fingerprint density at radius 3 is 2.13 bits per heavy atom. The highest BCUT2D eigenvalue weighted by Crippen LogP contribution is 2.39. The molecule has 2 aromatic carbocycles. The van der Waals surface area contributed by atoms with Gasteiger partial charge in [-0.25, -0.2) is 4.79 Å². The lowest BCUT2D eigenvalue weighted by atomic mass is 9.96. The maximum absolute atomic E-state index is 14.0. The molecule has 254 valence electrons. The van der Waals surface area contributed by atoms with Crippen LogP contribution < -0.4 is 15.4 Å². The molecular formula is C31H36F3N5O6S2. The van der Waals surface area contributed by atoms with Crippen LogP contribution in [-0.2, 0) is 25.4 Å². The third kappa shape index (κ3) is 11.8. The standard InChI is InChI=1S/C31H36F3N5O6S2/c1-16-6-8-21(23(10-16)31(32,33)34)19-7-9-27(45-29(43)24(14-46)37-17(2)40)22(11-19)30(44)47-15-25(38-18(3)41)26(42)12-20(35)13-28(36)39(4)5/h6-11,24-25,35-36,46H,12-15H2,1-5H3,(H,37,40)(H,38,41). The molecule has 0 saturated heterocycles. The molecule has 4 N–H and O–H groups in total. The quantitative estimate of drug-likeness (QED) is 0.0641. The Kier molecular flexibility index (Phi) is 14.2. The first kappa shape index (κ1) is 39.0. The number of nitrogens with zero attached hydrogens (tertiary/aromatic N) is 1. The van der Waals surface area contributed by atoms with Crippen LogP contribution in [0.25, 0.3) is 11.1 Å². The number of amides is 2. The van der Waals surface area contributed by atoms with Crippen LogP contribution in [0, 0.1) is 17.7 Å². The summed E-state index contributed by atoms with van der Waals surface area (Å²) in [6.45, 7) is 3.83. The van der Waals surface area contributed by atoms with E-state index >= 15 is 0 Å². The Morgan fingerprint density at radius 1 is 0.957 bits per heavy atom. The number of nitrogens with one attached hydrogen (secondary N) is 4. The van der Waals surface area contributed by atoms with Crippen molar-refractivity contribution in [2.24, 2.45) is 0 Å². The van der Waals surface area contributed by atoms with Crippen LogP contribution in [0.5, 0.6) is 5.75 Å². The van der Waals surface area contributed by atoms with Crippen LogP contribution in [-0.4, -0.2) is 82.8 Å². The van der Waals surface area contributed by atoms with Gasteiger partial charge in [-0.3, -0.25) is 24.6 Å². The highest BCUT2D eigenvalue weighted by atomic mass is 32.2. The van der Waals surface area contributed by atoms with E-state index in [4.69, 9.17) is 15.6 Å². The predicted octanol–water partition coefficient (Wildman–Crippen LogP) is 4.31. The third-order valence-corrected chi connectivity index (χ3v) is 7.85. The maximum atomic E-state index is 14.0. The number of carbonyl (C=O) groups is 5. The van der Waals surface area contributed by atoms with Crippen molar-refractivity contribution in [1.29, 1.82) is 10.8 Å². The monoisotopic (exact) mass is 695 g/mol. The number of alkyl halides is 3. The lowest BCUT2D eigenvalue weighted by Gasteiger charge is -2.19. The Bertz CT molecular complexity index is 1560. The van der Waals surface area contributed by atoms with E-state index in [1.165, 1.54) is 36.9 Å². The smallest absolute Gasteiger partial charge is 0.417 e. The molecule has 0 fully saturated rings. The molecule has 0 aromatic heterocycles. The number of esters is 1. The van der Waals surface area contributed by atoms with Gasteiger partial charge in [0.15, 0.2) is 5.78 Å². The van der Waals surface area contributed by atoms with Crippen LogP contribution in [0.1, 0.15) is 48.2 Å². The number of ether oxygens (including phenoxy) is 1. The Balaban J connectivity index is 2.49. The molecule has 2 atom stereocenters. The molecule has 0 bridgehead atoms. The number of aryl methyl sites for hydroxylation is 1. The number of thioether (sulfide) groups is 1. The van der Waals surface area contributed by atoms with Gasteiger partial charge in [0, 0.05) is 58.0 Å². The number of hydrogen-bond acceptors (Lipinski definition) is 10. The molecule has 0 saturated carbocycles. The number of ketones is 1. The van der Waals surface area contributed by atoms with Crippen molar-refractivity contribution in [3.05, 3.63) is 53.1 Å². The van der Waals surface area contributed by atoms with E-state index in [2.05, 4.69) is 23.3 Å². The average molecular weight is 696 g/mol. The summed E-state index contributed by atoms with van der Waals surface area (Å²) < 4.78 is 47.3. The summed E-state index contributed by atoms with van der Waals surface area (Å²) in [7, 11) is 3.23. The molecule has 2 rings (SSSR count). The first-order valence-corrected chi connectivity index (χ1v) is 15.7. The summed E-state index contributed by atoms with van der Waals surface area (Å²) in [6.07, 6.45) is -5.24. The van der Waals surface area contributed by atoms with Crippen LogP contribution in [0.2, 0.25) is 0 Å². The molecule has 0 aliphatic heterocycles. The third-order valence-electron chi connectivity index (χ3n) is 6.50. The molecule has 2 aromatic rings. The molecule has 16 heteroatoms. The van der Waals surface area contributed by atoms with Gasteiger partial charge in [0.2, 0.25) is 16.9 Å². The molecule has 2 amide bonds. The summed E-state index contributed by atoms with van der Waals surface area (Å²) in [5.41, 5.74) is -1.24. The Morgan fingerprint density at radius 2 is 1.57 bits per heavy atom. The number of benzene rings is 2. The zero-order chi connectivity index (χ0) is 35.6. The van der Waals surface area contributed by atoms with E-state index in [1.54, 1.807) is 14.1 Å². The number of thiol groups is 1. The highest BCUT2D eigenvalue weighted by molar-refractivity contribution is 8.14. The molecule has 11 nitrogen and oxygen atoms in total. The van der Waals surface area contributed by atoms with Crippen molar-refractivity contribution in [2.45, 2.75) is 51.9 Å². The second-order valence-corrected chi connectivity index (χ2v) is 12.1. The van der Waals surface area contributed by atoms with Gasteiger partial charge in [0.05, 0.1) is 17.2 Å². The number of hydrogen-bond donors (Lipinski definition) is 5. The van der Waals surface area contributed by atoms with Gasteiger partial charge in [-0.05, 0) is 36.2 Å². The maximum Gasteiger partial charge on any atom is 0.417 e. The summed E-state index contributed by atoms with van der Waals surface area (Å²) in [6, 6.07) is 4.79. The SMILES string of the molecule is CC(=O)NC(CSC(=O)c1cc(-c2ccc(C)cc2C(F)(F)F)ccc1OC(=O)C(CS)NC(C)=O)C(=O)CC(=N)CC(=N)N(C)C. The second-order valence-electron chi connectivity index (χ2n) is 10.7. The van der Waals surface area contributed by atoms with E-state index in [0.717, 1.165) is 25.1 Å². The summed E-state index contributed by atoms with van der Waals surface area (Å²) in [4.78, 5) is 64.3. The molecule has 0 radical (unpaired) electrons. The van der Waals surface area contributed by atoms with E-state index < -0.39 is 58.9 Å². The average Bonchev–Trinajstić information content (AvgIpc) is 2.97. The van der Waals surface area contributed by atoms with Gasteiger partial charge >= 0.3 is 12.1 Å². The van der Waals surface area contributed by atoms with E-state index in [1.807, 2.05) is 0 Å². The Hall–Kier alpha value is -4.18. The minimum absolute atomic E-state index is 0.0139. The number of halogens is 3. The second kappa shape index (κ2) is 17.1. The van der Waals surface area contributed by atoms with Crippen LogP contribution in [0.15, 0.2) is 36.4 Å². The van der Waals surface area contributed by atoms with Gasteiger partial charge < -0.3 is 25.7 Å². The van der Waals surface area contributed by atoms with Gasteiger partial charge in [-0.1, -0.05) is 35.5 Å². The van der Waals surface area contributed by atoms with E-state index in [0.29, 0.717) is 17.3 Å². The summed E-state index contributed by atoms with van der Waals surface area (Å²) in [5, 5.41) is 20.0. The number of amidine groups is 1. The normalized spacial score (nSPS) is 12.4. The van der Waals surface area contributed by atoms with Crippen molar-refractivity contribution in [3.63, 3.8) is 0 Å². The summed E-state index contributed by atoms with van der Waals surface area (Å²) >= 11 is 4.58. The van der Waals surface area contributed by atoms with Crippen molar-refractivity contribution >= 4 is 64.6 Å². The van der Waals surface area contributed by atoms with Crippen molar-refractivity contribution in [3.8, 4) is 16.9 Å². The molecule has 0 heterocycles. The lowest BCUT2D eigenvalue weighted by Crippen LogP contribution is -2.43. The van der Waals surface area contributed by atoms with Crippen molar-refractivity contribution in [1.82, 2.24) is 15.5 Å². The topological polar surface area (TPSA) is 170 Å². The van der Waals surface area contributed by atoms with Crippen LogP contribution in [0.3, 0.4) is 0 Å². The van der Waals surface area contributed by atoms with Crippen LogP contribution in [0.4, 0.5) is 13.2 Å². The molecular weight excluding hydrogens is 659 g/mol. The molecule has 0 aliphatic rings. The fourth-order valence-electron chi connectivity index (χ4n) is 4.15. The zero-order valence-electron chi connectivity index (χ0n) is 26.3. The van der Waals surface area contributed by atoms with E-state index in [-0.39, 0.29) is 51.9 Å². The first-order valence-electron chi connectivity index (χ1n) is 14.0. The predicted molar refractivity (Wildman–Crippen MR) is 176 cm³/mol. The van der Waals surface area contributed by atoms with Crippen LogP contribution >= 0.6 is 24.4 Å². The number of Topliss-reactive ketones (excluding diaryl/α,β-unsaturated/α-hetero) is 1. The number of carbonyl (C=O) groups excluding carboxylic acids is 5. The molecule has 0 aliphatic carbocycles. The van der Waals surface area contributed by atoms with Crippen molar-refractivity contribution < 1.29 is 41.9 Å². The minimum atomic E-state index is -4.73. The van der Waals surface area contributed by atoms with Gasteiger partial charge in [0.25, 0.3) is 0 Å². The summed E-state index contributed by atoms with van der Waals surface area (Å²) in [5.74, 6) is -3.43. The van der Waals surface area contributed by atoms with E-state index in [9.17, 15) is 37.1 Å². The number of rotatable bonds is 14. The largest absolute Gasteiger partial charge is 0.424 e. The van der Waals surface area contributed by atoms with Crippen molar-refractivity contribution in [2.75, 3.05) is 25.6 Å².